The van der Waals surface area contributed by atoms with Crippen LogP contribution < -0.4 is 4.74 Å². The first-order valence-corrected chi connectivity index (χ1v) is 5.61. The van der Waals surface area contributed by atoms with Crippen LogP contribution in [-0.2, 0) is 9.53 Å². The number of carbonyl (C=O) groups is 1. The molecule has 0 spiro atoms. The maximum absolute atomic E-state index is 11.6. The van der Waals surface area contributed by atoms with E-state index < -0.39 is 5.60 Å². The van der Waals surface area contributed by atoms with Crippen molar-refractivity contribution in [2.75, 3.05) is 7.11 Å². The second-order valence-corrected chi connectivity index (χ2v) is 4.74. The van der Waals surface area contributed by atoms with Gasteiger partial charge in [0, 0.05) is 11.6 Å². The number of methoxy groups -OCH3 is 1. The van der Waals surface area contributed by atoms with Crippen molar-refractivity contribution >= 4 is 23.1 Å². The topological polar surface area (TPSA) is 35.5 Å². The highest BCUT2D eigenvalue weighted by Crippen LogP contribution is 2.34. The Bertz CT molecular complexity index is 503. The van der Waals surface area contributed by atoms with E-state index in [-0.39, 0.29) is 5.78 Å². The van der Waals surface area contributed by atoms with Gasteiger partial charge in [-0.15, -0.1) is 0 Å². The van der Waals surface area contributed by atoms with Gasteiger partial charge in [0.1, 0.15) is 11.5 Å². The molecular formula is C13H13ClO3. The average Bonchev–Trinajstić information content (AvgIpc) is 2.53. The first-order valence-electron chi connectivity index (χ1n) is 5.23. The van der Waals surface area contributed by atoms with Gasteiger partial charge in [-0.05, 0) is 32.0 Å². The molecular weight excluding hydrogens is 240 g/mol. The number of rotatable bonds is 2. The zero-order valence-electron chi connectivity index (χ0n) is 9.91. The van der Waals surface area contributed by atoms with Crippen LogP contribution in [0.4, 0.5) is 0 Å². The number of ether oxygens (including phenoxy) is 2. The molecule has 17 heavy (non-hydrogen) atoms. The summed E-state index contributed by atoms with van der Waals surface area (Å²) in [6.45, 7) is 3.48. The van der Waals surface area contributed by atoms with Crippen LogP contribution in [0.1, 0.15) is 19.4 Å². The summed E-state index contributed by atoms with van der Waals surface area (Å²) in [5.74, 6) is 1.10. The quantitative estimate of drug-likeness (QED) is 0.812. The number of benzene rings is 1. The monoisotopic (exact) mass is 252 g/mol. The summed E-state index contributed by atoms with van der Waals surface area (Å²) < 4.78 is 10.7. The zero-order valence-corrected chi connectivity index (χ0v) is 10.7. The lowest BCUT2D eigenvalue weighted by atomic mass is 10.1. The van der Waals surface area contributed by atoms with E-state index in [9.17, 15) is 4.79 Å². The highest BCUT2D eigenvalue weighted by atomic mass is 35.5. The lowest BCUT2D eigenvalue weighted by molar-refractivity contribution is -0.125. The summed E-state index contributed by atoms with van der Waals surface area (Å²) in [6.07, 6.45) is 1.50. The Labute approximate surface area is 105 Å². The number of hydrogen-bond acceptors (Lipinski definition) is 3. The van der Waals surface area contributed by atoms with E-state index in [1.807, 2.05) is 6.07 Å². The Balaban J connectivity index is 2.34. The van der Waals surface area contributed by atoms with E-state index in [0.717, 1.165) is 5.56 Å². The molecule has 1 aliphatic heterocycles. The molecule has 0 aliphatic carbocycles. The SMILES string of the molecule is COc1ccc(C2=CC(=O)C(C)(C)O2)cc1Cl. The molecule has 2 rings (SSSR count). The second-order valence-electron chi connectivity index (χ2n) is 4.33. The molecule has 0 atom stereocenters. The van der Waals surface area contributed by atoms with Crippen molar-refractivity contribution in [3.63, 3.8) is 0 Å². The van der Waals surface area contributed by atoms with Gasteiger partial charge in [0.25, 0.3) is 0 Å². The van der Waals surface area contributed by atoms with Gasteiger partial charge >= 0.3 is 0 Å². The van der Waals surface area contributed by atoms with Crippen LogP contribution in [0.15, 0.2) is 24.3 Å². The largest absolute Gasteiger partial charge is 0.495 e. The minimum atomic E-state index is -0.790. The number of hydrogen-bond donors (Lipinski definition) is 0. The third-order valence-corrected chi connectivity index (χ3v) is 2.95. The van der Waals surface area contributed by atoms with Gasteiger partial charge in [-0.3, -0.25) is 4.79 Å². The highest BCUT2D eigenvalue weighted by molar-refractivity contribution is 6.32. The molecule has 0 bridgehead atoms. The molecule has 0 unspecified atom stereocenters. The predicted octanol–water partition coefficient (Wildman–Crippen LogP) is 3.07. The maximum atomic E-state index is 11.6. The molecule has 0 amide bonds. The minimum Gasteiger partial charge on any atom is -0.495 e. The summed E-state index contributed by atoms with van der Waals surface area (Å²) in [4.78, 5) is 11.6. The van der Waals surface area contributed by atoms with Gasteiger partial charge in [-0.2, -0.15) is 0 Å². The molecule has 3 nitrogen and oxygen atoms in total. The Hall–Kier alpha value is -1.48. The smallest absolute Gasteiger partial charge is 0.202 e. The van der Waals surface area contributed by atoms with Crippen LogP contribution in [0.25, 0.3) is 5.76 Å². The van der Waals surface area contributed by atoms with E-state index >= 15 is 0 Å². The van der Waals surface area contributed by atoms with Crippen molar-refractivity contribution in [1.29, 1.82) is 0 Å². The lowest BCUT2D eigenvalue weighted by Crippen LogP contribution is -2.27. The third-order valence-electron chi connectivity index (χ3n) is 2.66. The van der Waals surface area contributed by atoms with Crippen molar-refractivity contribution in [2.24, 2.45) is 0 Å². The van der Waals surface area contributed by atoms with Crippen molar-refractivity contribution in [1.82, 2.24) is 0 Å². The summed E-state index contributed by atoms with van der Waals surface area (Å²) in [6, 6.07) is 5.28. The van der Waals surface area contributed by atoms with E-state index in [2.05, 4.69) is 0 Å². The minimum absolute atomic E-state index is 0.0422. The van der Waals surface area contributed by atoms with Crippen molar-refractivity contribution in [3.05, 3.63) is 34.9 Å². The van der Waals surface area contributed by atoms with Gasteiger partial charge < -0.3 is 9.47 Å². The maximum Gasteiger partial charge on any atom is 0.202 e. The predicted molar refractivity (Wildman–Crippen MR) is 66.2 cm³/mol. The van der Waals surface area contributed by atoms with E-state index in [1.54, 1.807) is 33.1 Å². The fourth-order valence-electron chi connectivity index (χ4n) is 1.61. The first kappa shape index (κ1) is 12.0. The lowest BCUT2D eigenvalue weighted by Gasteiger charge is -2.18. The Kier molecular flexibility index (Phi) is 2.87. The van der Waals surface area contributed by atoms with Gasteiger partial charge in [0.05, 0.1) is 12.1 Å². The summed E-state index contributed by atoms with van der Waals surface area (Å²) in [5.41, 5.74) is -0.0170. The molecule has 1 heterocycles. The van der Waals surface area contributed by atoms with Crippen LogP contribution in [-0.4, -0.2) is 18.5 Å². The molecule has 90 valence electrons. The second kappa shape index (κ2) is 4.08. The van der Waals surface area contributed by atoms with Gasteiger partial charge in [0.15, 0.2) is 5.60 Å². The molecule has 1 aromatic rings. The van der Waals surface area contributed by atoms with Crippen LogP contribution >= 0.6 is 11.6 Å². The molecule has 0 radical (unpaired) electrons. The normalized spacial score (nSPS) is 17.6. The molecule has 1 aromatic carbocycles. The van der Waals surface area contributed by atoms with Crippen LogP contribution in [0, 0.1) is 0 Å². The molecule has 0 aromatic heterocycles. The van der Waals surface area contributed by atoms with Crippen molar-refractivity contribution in [3.8, 4) is 5.75 Å². The number of halogens is 1. The fourth-order valence-corrected chi connectivity index (χ4v) is 1.87. The summed E-state index contributed by atoms with van der Waals surface area (Å²) in [7, 11) is 1.55. The van der Waals surface area contributed by atoms with E-state index in [4.69, 9.17) is 21.1 Å². The van der Waals surface area contributed by atoms with Crippen LogP contribution in [0.3, 0.4) is 0 Å². The van der Waals surface area contributed by atoms with Gasteiger partial charge in [0.2, 0.25) is 5.78 Å². The van der Waals surface area contributed by atoms with Crippen molar-refractivity contribution in [2.45, 2.75) is 19.4 Å². The van der Waals surface area contributed by atoms with Gasteiger partial charge in [-0.1, -0.05) is 11.6 Å². The Morgan fingerprint density at radius 2 is 2.06 bits per heavy atom. The number of ketones is 1. The summed E-state index contributed by atoms with van der Waals surface area (Å²) in [5, 5.41) is 0.492. The molecule has 0 N–H and O–H groups in total. The van der Waals surface area contributed by atoms with E-state index in [1.165, 1.54) is 6.08 Å². The standard InChI is InChI=1S/C13H13ClO3/c1-13(2)12(15)7-11(17-13)8-4-5-10(16-3)9(14)6-8/h4-7H,1-3H3. The molecule has 0 saturated heterocycles. The van der Waals surface area contributed by atoms with Crippen molar-refractivity contribution < 1.29 is 14.3 Å². The van der Waals surface area contributed by atoms with Gasteiger partial charge in [-0.25, -0.2) is 0 Å². The van der Waals surface area contributed by atoms with Crippen LogP contribution in [0.5, 0.6) is 5.75 Å². The fraction of sp³-hybridized carbons (Fsp3) is 0.308. The third kappa shape index (κ3) is 2.15. The molecule has 0 saturated carbocycles. The first-order chi connectivity index (χ1) is 7.94. The number of carbonyl (C=O) groups excluding carboxylic acids is 1. The van der Waals surface area contributed by atoms with Crippen LogP contribution in [0.2, 0.25) is 5.02 Å². The molecule has 0 fully saturated rings. The molecule has 1 aliphatic rings. The zero-order chi connectivity index (χ0) is 12.6. The van der Waals surface area contributed by atoms with E-state index in [0.29, 0.717) is 16.5 Å². The average molecular weight is 253 g/mol. The summed E-state index contributed by atoms with van der Waals surface area (Å²) >= 11 is 6.02. The Morgan fingerprint density at radius 3 is 2.53 bits per heavy atom. The molecule has 4 heteroatoms. The highest BCUT2D eigenvalue weighted by Gasteiger charge is 2.35. The Morgan fingerprint density at radius 1 is 1.35 bits per heavy atom.